The summed E-state index contributed by atoms with van der Waals surface area (Å²) in [5, 5.41) is 20.3. The minimum atomic E-state index is -0.744. The predicted octanol–water partition coefficient (Wildman–Crippen LogP) is 2.24. The van der Waals surface area contributed by atoms with Crippen LogP contribution in [0.25, 0.3) is 10.9 Å². The third-order valence-electron chi connectivity index (χ3n) is 5.29. The second-order valence-electron chi connectivity index (χ2n) is 7.56. The number of aromatic nitrogens is 4. The van der Waals surface area contributed by atoms with Crippen molar-refractivity contribution in [2.75, 3.05) is 13.1 Å². The van der Waals surface area contributed by atoms with E-state index in [-0.39, 0.29) is 0 Å². The second kappa shape index (κ2) is 6.78. The van der Waals surface area contributed by atoms with Crippen molar-refractivity contribution in [1.82, 2.24) is 24.6 Å². The number of β-amino-alcohol motifs (C(OH)–C–C–N with tert-alkyl or cyclic N) is 1. The van der Waals surface area contributed by atoms with Gasteiger partial charge in [-0.1, -0.05) is 12.1 Å². The summed E-state index contributed by atoms with van der Waals surface area (Å²) < 4.78 is 1.89. The second-order valence-corrected chi connectivity index (χ2v) is 7.56. The number of rotatable bonds is 4. The molecule has 0 aliphatic carbocycles. The van der Waals surface area contributed by atoms with Crippen LogP contribution in [0.15, 0.2) is 36.8 Å². The molecule has 0 amide bonds. The molecule has 0 radical (unpaired) electrons. The van der Waals surface area contributed by atoms with Crippen LogP contribution in [0.4, 0.5) is 0 Å². The van der Waals surface area contributed by atoms with Crippen molar-refractivity contribution in [3.05, 3.63) is 53.7 Å². The summed E-state index contributed by atoms with van der Waals surface area (Å²) in [6.45, 7) is 4.61. The van der Waals surface area contributed by atoms with Gasteiger partial charge in [0.05, 0.1) is 11.1 Å². The zero-order valence-corrected chi connectivity index (χ0v) is 15.4. The molecular weight excluding hydrogens is 326 g/mol. The van der Waals surface area contributed by atoms with Gasteiger partial charge < -0.3 is 9.67 Å². The fourth-order valence-electron chi connectivity index (χ4n) is 4.05. The van der Waals surface area contributed by atoms with Crippen LogP contribution in [-0.2, 0) is 20.0 Å². The maximum atomic E-state index is 11.1. The Labute approximate surface area is 153 Å². The highest BCUT2D eigenvalue weighted by atomic mass is 16.3. The Hall–Kier alpha value is -2.31. The van der Waals surface area contributed by atoms with Gasteiger partial charge in [-0.3, -0.25) is 9.88 Å². The lowest BCUT2D eigenvalue weighted by Crippen LogP contribution is -2.49. The predicted molar refractivity (Wildman–Crippen MR) is 101 cm³/mol. The molecule has 1 fully saturated rings. The number of fused-ring (bicyclic) bond motifs is 1. The number of pyridine rings is 1. The van der Waals surface area contributed by atoms with Crippen molar-refractivity contribution in [2.45, 2.75) is 38.3 Å². The summed E-state index contributed by atoms with van der Waals surface area (Å²) in [7, 11) is 1.92. The van der Waals surface area contributed by atoms with Gasteiger partial charge in [0.15, 0.2) is 0 Å². The average molecular weight is 351 g/mol. The van der Waals surface area contributed by atoms with E-state index in [0.29, 0.717) is 13.0 Å². The highest BCUT2D eigenvalue weighted by molar-refractivity contribution is 5.82. The lowest BCUT2D eigenvalue weighted by molar-refractivity contribution is -0.0344. The quantitative estimate of drug-likeness (QED) is 0.781. The van der Waals surface area contributed by atoms with Gasteiger partial charge in [0.1, 0.15) is 12.2 Å². The summed E-state index contributed by atoms with van der Waals surface area (Å²) in [6.07, 6.45) is 5.86. The van der Waals surface area contributed by atoms with E-state index in [4.69, 9.17) is 0 Å². The van der Waals surface area contributed by atoms with Crippen LogP contribution in [0, 0.1) is 6.92 Å². The highest BCUT2D eigenvalue weighted by Gasteiger charge is 2.34. The Bertz CT molecular complexity index is 921. The fourth-order valence-corrected chi connectivity index (χ4v) is 4.05. The van der Waals surface area contributed by atoms with E-state index in [1.807, 2.05) is 23.9 Å². The van der Waals surface area contributed by atoms with E-state index >= 15 is 0 Å². The standard InChI is InChI=1S/C20H25N5O/c1-15-9-16(10-17-5-3-7-21-19(15)17)12-25-8-4-6-20(26,13-25)11-18-23-22-14-24(18)2/h3,5,7,9-10,14,26H,4,6,8,11-13H2,1-2H3. The Morgan fingerprint density at radius 1 is 1.31 bits per heavy atom. The Morgan fingerprint density at radius 3 is 3.00 bits per heavy atom. The lowest BCUT2D eigenvalue weighted by Gasteiger charge is -2.39. The molecule has 3 aromatic rings. The number of hydrogen-bond acceptors (Lipinski definition) is 5. The van der Waals surface area contributed by atoms with Gasteiger partial charge in [0.25, 0.3) is 0 Å². The van der Waals surface area contributed by atoms with Crippen LogP contribution in [0.1, 0.15) is 29.8 Å². The molecule has 0 saturated carbocycles. The molecule has 2 aromatic heterocycles. The van der Waals surface area contributed by atoms with E-state index in [2.05, 4.69) is 45.2 Å². The summed E-state index contributed by atoms with van der Waals surface area (Å²) in [5.41, 5.74) is 2.79. The zero-order valence-electron chi connectivity index (χ0n) is 15.4. The molecular formula is C20H25N5O. The normalized spacial score (nSPS) is 21.3. The van der Waals surface area contributed by atoms with Crippen LogP contribution in [0.3, 0.4) is 0 Å². The molecule has 1 aromatic carbocycles. The number of aryl methyl sites for hydroxylation is 2. The molecule has 136 valence electrons. The number of piperidine rings is 1. The van der Waals surface area contributed by atoms with Crippen molar-refractivity contribution in [1.29, 1.82) is 0 Å². The molecule has 1 atom stereocenters. The van der Waals surface area contributed by atoms with E-state index < -0.39 is 5.60 Å². The summed E-state index contributed by atoms with van der Waals surface area (Å²) >= 11 is 0. The van der Waals surface area contributed by atoms with E-state index in [0.717, 1.165) is 37.3 Å². The van der Waals surface area contributed by atoms with E-state index in [1.165, 1.54) is 16.5 Å². The van der Waals surface area contributed by atoms with Crippen molar-refractivity contribution >= 4 is 10.9 Å². The van der Waals surface area contributed by atoms with Crippen molar-refractivity contribution in [3.63, 3.8) is 0 Å². The first-order valence-corrected chi connectivity index (χ1v) is 9.14. The Kier molecular flexibility index (Phi) is 4.46. The van der Waals surface area contributed by atoms with Gasteiger partial charge in [0, 0.05) is 38.1 Å². The zero-order chi connectivity index (χ0) is 18.1. The minimum absolute atomic E-state index is 0.542. The van der Waals surface area contributed by atoms with Gasteiger partial charge in [0.2, 0.25) is 0 Å². The molecule has 0 spiro atoms. The fraction of sp³-hybridized carbons (Fsp3) is 0.450. The van der Waals surface area contributed by atoms with Crippen LogP contribution in [-0.4, -0.2) is 48.4 Å². The highest BCUT2D eigenvalue weighted by Crippen LogP contribution is 2.27. The third-order valence-corrected chi connectivity index (χ3v) is 5.29. The molecule has 1 aliphatic rings. The molecule has 6 heteroatoms. The number of hydrogen-bond donors (Lipinski definition) is 1. The van der Waals surface area contributed by atoms with Crippen LogP contribution < -0.4 is 0 Å². The maximum Gasteiger partial charge on any atom is 0.135 e. The van der Waals surface area contributed by atoms with Crippen molar-refractivity contribution in [3.8, 4) is 0 Å². The van der Waals surface area contributed by atoms with Crippen LogP contribution in [0.2, 0.25) is 0 Å². The number of benzene rings is 1. The lowest BCUT2D eigenvalue weighted by atomic mass is 9.89. The third kappa shape index (κ3) is 3.48. The number of aliphatic hydroxyl groups is 1. The Balaban J connectivity index is 1.51. The Morgan fingerprint density at radius 2 is 2.19 bits per heavy atom. The molecule has 4 rings (SSSR count). The maximum absolute atomic E-state index is 11.1. The first-order valence-electron chi connectivity index (χ1n) is 9.14. The van der Waals surface area contributed by atoms with Crippen molar-refractivity contribution < 1.29 is 5.11 Å². The van der Waals surface area contributed by atoms with Gasteiger partial charge in [-0.05, 0) is 49.6 Å². The minimum Gasteiger partial charge on any atom is -0.388 e. The molecule has 6 nitrogen and oxygen atoms in total. The summed E-state index contributed by atoms with van der Waals surface area (Å²) in [6, 6.07) is 8.52. The smallest absolute Gasteiger partial charge is 0.135 e. The monoisotopic (exact) mass is 351 g/mol. The van der Waals surface area contributed by atoms with Crippen LogP contribution in [0.5, 0.6) is 0 Å². The molecule has 3 heterocycles. The molecule has 1 unspecified atom stereocenters. The van der Waals surface area contributed by atoms with Gasteiger partial charge >= 0.3 is 0 Å². The van der Waals surface area contributed by atoms with Gasteiger partial charge in [-0.15, -0.1) is 10.2 Å². The molecule has 1 N–H and O–H groups in total. The van der Waals surface area contributed by atoms with E-state index in [9.17, 15) is 5.11 Å². The summed E-state index contributed by atoms with van der Waals surface area (Å²) in [4.78, 5) is 6.82. The van der Waals surface area contributed by atoms with Crippen molar-refractivity contribution in [2.24, 2.45) is 7.05 Å². The average Bonchev–Trinajstić information content (AvgIpc) is 2.99. The topological polar surface area (TPSA) is 67.1 Å². The van der Waals surface area contributed by atoms with Crippen LogP contribution >= 0.6 is 0 Å². The SMILES string of the molecule is Cc1cc(CN2CCCC(O)(Cc3nncn3C)C2)cc2cccnc12. The van der Waals surface area contributed by atoms with E-state index in [1.54, 1.807) is 6.33 Å². The molecule has 1 saturated heterocycles. The molecule has 26 heavy (non-hydrogen) atoms. The van der Waals surface area contributed by atoms with Gasteiger partial charge in [-0.2, -0.15) is 0 Å². The first kappa shape index (κ1) is 17.1. The molecule has 0 bridgehead atoms. The first-order chi connectivity index (χ1) is 12.5. The number of nitrogens with zero attached hydrogens (tertiary/aromatic N) is 5. The molecule has 1 aliphatic heterocycles. The summed E-state index contributed by atoms with van der Waals surface area (Å²) in [5.74, 6) is 0.835. The number of likely N-dealkylation sites (tertiary alicyclic amines) is 1. The largest absolute Gasteiger partial charge is 0.388 e. The van der Waals surface area contributed by atoms with Gasteiger partial charge in [-0.25, -0.2) is 0 Å².